The van der Waals surface area contributed by atoms with E-state index in [-0.39, 0.29) is 11.5 Å². The number of aromatic nitrogens is 1. The molecular formula is C14H13BrN2O3. The Labute approximate surface area is 124 Å². The molecule has 0 saturated carbocycles. The topological polar surface area (TPSA) is 60.3 Å². The van der Waals surface area contributed by atoms with Gasteiger partial charge in [-0.3, -0.25) is 9.59 Å². The molecule has 1 heterocycles. The van der Waals surface area contributed by atoms with Gasteiger partial charge in [-0.25, -0.2) is 0 Å². The molecule has 0 unspecified atom stereocenters. The van der Waals surface area contributed by atoms with E-state index in [0.717, 1.165) is 0 Å². The normalized spacial score (nSPS) is 10.2. The van der Waals surface area contributed by atoms with Crippen molar-refractivity contribution in [1.29, 1.82) is 0 Å². The predicted molar refractivity (Wildman–Crippen MR) is 80.3 cm³/mol. The molecule has 1 aromatic carbocycles. The van der Waals surface area contributed by atoms with E-state index < -0.39 is 0 Å². The first kappa shape index (κ1) is 14.3. The molecule has 104 valence electrons. The van der Waals surface area contributed by atoms with Gasteiger partial charge in [0.2, 0.25) is 5.56 Å². The minimum Gasteiger partial charge on any atom is -0.497 e. The highest BCUT2D eigenvalue weighted by atomic mass is 79.9. The molecule has 0 spiro atoms. The molecule has 0 fully saturated rings. The van der Waals surface area contributed by atoms with Crippen molar-refractivity contribution in [2.75, 3.05) is 12.4 Å². The van der Waals surface area contributed by atoms with E-state index in [1.54, 1.807) is 37.5 Å². The molecule has 2 aromatic rings. The summed E-state index contributed by atoms with van der Waals surface area (Å²) in [5.41, 5.74) is 0.871. The average molecular weight is 337 g/mol. The maximum atomic E-state index is 12.2. The third kappa shape index (κ3) is 3.08. The maximum absolute atomic E-state index is 12.2. The summed E-state index contributed by atoms with van der Waals surface area (Å²) in [5, 5.41) is 2.73. The summed E-state index contributed by atoms with van der Waals surface area (Å²) >= 11 is 3.33. The highest BCUT2D eigenvalue weighted by Gasteiger charge is 2.12. The number of carbonyl (C=O) groups excluding carboxylic acids is 1. The van der Waals surface area contributed by atoms with E-state index in [4.69, 9.17) is 4.74 Å². The number of benzene rings is 1. The van der Waals surface area contributed by atoms with Crippen LogP contribution < -0.4 is 15.6 Å². The van der Waals surface area contributed by atoms with Gasteiger partial charge in [0.15, 0.2) is 0 Å². The molecular weight excluding hydrogens is 324 g/mol. The fourth-order valence-electron chi connectivity index (χ4n) is 1.67. The number of nitrogens with zero attached hydrogens (tertiary/aromatic N) is 1. The highest BCUT2D eigenvalue weighted by Crippen LogP contribution is 2.23. The lowest BCUT2D eigenvalue weighted by Crippen LogP contribution is -2.18. The summed E-state index contributed by atoms with van der Waals surface area (Å²) < 4.78 is 7.17. The molecule has 0 saturated heterocycles. The number of aryl methyl sites for hydroxylation is 1. The van der Waals surface area contributed by atoms with E-state index in [1.807, 2.05) is 0 Å². The van der Waals surface area contributed by atoms with E-state index in [2.05, 4.69) is 21.2 Å². The van der Waals surface area contributed by atoms with Crippen LogP contribution in [0.3, 0.4) is 0 Å². The SMILES string of the molecule is COc1ccc(Br)c(C(=O)Nc2ccc(=O)n(C)c2)c1. The summed E-state index contributed by atoms with van der Waals surface area (Å²) in [6.07, 6.45) is 1.56. The Kier molecular flexibility index (Phi) is 4.24. The van der Waals surface area contributed by atoms with Gasteiger partial charge in [0.1, 0.15) is 5.75 Å². The average Bonchev–Trinajstić information content (AvgIpc) is 2.43. The van der Waals surface area contributed by atoms with Gasteiger partial charge >= 0.3 is 0 Å². The summed E-state index contributed by atoms with van der Waals surface area (Å²) in [6.45, 7) is 0. The minimum absolute atomic E-state index is 0.134. The first-order chi connectivity index (χ1) is 9.51. The number of anilines is 1. The number of hydrogen-bond acceptors (Lipinski definition) is 3. The van der Waals surface area contributed by atoms with E-state index >= 15 is 0 Å². The lowest BCUT2D eigenvalue weighted by Gasteiger charge is -2.09. The van der Waals surface area contributed by atoms with E-state index in [1.165, 1.54) is 17.7 Å². The highest BCUT2D eigenvalue weighted by molar-refractivity contribution is 9.10. The second-order valence-corrected chi connectivity index (χ2v) is 5.02. The lowest BCUT2D eigenvalue weighted by molar-refractivity contribution is 0.102. The number of nitrogens with one attached hydrogen (secondary N) is 1. The Bertz CT molecular complexity index is 710. The number of carbonyl (C=O) groups is 1. The summed E-state index contributed by atoms with van der Waals surface area (Å²) in [6, 6.07) is 8.10. The Balaban J connectivity index is 2.27. The van der Waals surface area contributed by atoms with Crippen LogP contribution in [0.25, 0.3) is 0 Å². The third-order valence-electron chi connectivity index (χ3n) is 2.76. The second-order valence-electron chi connectivity index (χ2n) is 4.17. The number of methoxy groups -OCH3 is 1. The van der Waals surface area contributed by atoms with Gasteiger partial charge in [0.25, 0.3) is 5.91 Å². The summed E-state index contributed by atoms with van der Waals surface area (Å²) in [7, 11) is 3.16. The van der Waals surface area contributed by atoms with Crippen LogP contribution in [0.4, 0.5) is 5.69 Å². The number of pyridine rings is 1. The fourth-order valence-corrected chi connectivity index (χ4v) is 2.10. The van der Waals surface area contributed by atoms with Crippen LogP contribution in [-0.4, -0.2) is 17.6 Å². The molecule has 0 aliphatic carbocycles. The summed E-state index contributed by atoms with van der Waals surface area (Å²) in [4.78, 5) is 23.5. The zero-order valence-electron chi connectivity index (χ0n) is 11.0. The van der Waals surface area contributed by atoms with Gasteiger partial charge < -0.3 is 14.6 Å². The van der Waals surface area contributed by atoms with Crippen LogP contribution in [0.1, 0.15) is 10.4 Å². The minimum atomic E-state index is -0.283. The van der Waals surface area contributed by atoms with Crippen LogP contribution >= 0.6 is 15.9 Å². The molecule has 0 bridgehead atoms. The maximum Gasteiger partial charge on any atom is 0.256 e. The Morgan fingerprint density at radius 1 is 1.30 bits per heavy atom. The molecule has 0 atom stereocenters. The number of amides is 1. The Hall–Kier alpha value is -2.08. The van der Waals surface area contributed by atoms with Gasteiger partial charge in [-0.05, 0) is 40.2 Å². The van der Waals surface area contributed by atoms with Crippen molar-refractivity contribution in [1.82, 2.24) is 4.57 Å². The first-order valence-corrected chi connectivity index (χ1v) is 6.62. The van der Waals surface area contributed by atoms with E-state index in [9.17, 15) is 9.59 Å². The van der Waals surface area contributed by atoms with Crippen molar-refractivity contribution < 1.29 is 9.53 Å². The van der Waals surface area contributed by atoms with Gasteiger partial charge in [-0.2, -0.15) is 0 Å². The van der Waals surface area contributed by atoms with Crippen molar-refractivity contribution in [3.05, 3.63) is 56.9 Å². The van der Waals surface area contributed by atoms with Gasteiger partial charge in [-0.15, -0.1) is 0 Å². The monoisotopic (exact) mass is 336 g/mol. The van der Waals surface area contributed by atoms with Gasteiger partial charge in [-0.1, -0.05) is 0 Å². The molecule has 2 rings (SSSR count). The van der Waals surface area contributed by atoms with Crippen LogP contribution in [0.2, 0.25) is 0 Å². The molecule has 0 aliphatic rings. The number of rotatable bonds is 3. The zero-order chi connectivity index (χ0) is 14.7. The van der Waals surface area contributed by atoms with Crippen LogP contribution in [0, 0.1) is 0 Å². The van der Waals surface area contributed by atoms with E-state index in [0.29, 0.717) is 21.5 Å². The van der Waals surface area contributed by atoms with Crippen molar-refractivity contribution in [2.24, 2.45) is 7.05 Å². The molecule has 0 aliphatic heterocycles. The smallest absolute Gasteiger partial charge is 0.256 e. The molecule has 6 heteroatoms. The Morgan fingerprint density at radius 2 is 2.05 bits per heavy atom. The van der Waals surface area contributed by atoms with Crippen LogP contribution in [0.15, 0.2) is 45.8 Å². The molecule has 5 nitrogen and oxygen atoms in total. The van der Waals surface area contributed by atoms with Gasteiger partial charge in [0, 0.05) is 23.8 Å². The number of halogens is 1. The van der Waals surface area contributed by atoms with Gasteiger partial charge in [0.05, 0.1) is 18.4 Å². The quantitative estimate of drug-likeness (QED) is 0.936. The molecule has 1 N–H and O–H groups in total. The third-order valence-corrected chi connectivity index (χ3v) is 3.45. The fraction of sp³-hybridized carbons (Fsp3) is 0.143. The first-order valence-electron chi connectivity index (χ1n) is 5.83. The van der Waals surface area contributed by atoms with Crippen molar-refractivity contribution in [2.45, 2.75) is 0 Å². The van der Waals surface area contributed by atoms with Crippen molar-refractivity contribution in [3.63, 3.8) is 0 Å². The Morgan fingerprint density at radius 3 is 2.70 bits per heavy atom. The molecule has 20 heavy (non-hydrogen) atoms. The number of ether oxygens (including phenoxy) is 1. The summed E-state index contributed by atoms with van der Waals surface area (Å²) in [5.74, 6) is 0.313. The van der Waals surface area contributed by atoms with Crippen LogP contribution in [0.5, 0.6) is 5.75 Å². The molecule has 1 amide bonds. The predicted octanol–water partition coefficient (Wildman–Crippen LogP) is 2.41. The lowest BCUT2D eigenvalue weighted by atomic mass is 10.2. The zero-order valence-corrected chi connectivity index (χ0v) is 12.6. The molecule has 1 aromatic heterocycles. The standard InChI is InChI=1S/C14H13BrN2O3/c1-17-8-9(3-6-13(17)18)16-14(19)11-7-10(20-2)4-5-12(11)15/h3-8H,1-2H3,(H,16,19). The largest absolute Gasteiger partial charge is 0.497 e. The number of hydrogen-bond donors (Lipinski definition) is 1. The second kappa shape index (κ2) is 5.92. The van der Waals surface area contributed by atoms with Crippen molar-refractivity contribution >= 4 is 27.5 Å². The van der Waals surface area contributed by atoms with Crippen molar-refractivity contribution in [3.8, 4) is 5.75 Å². The van der Waals surface area contributed by atoms with Crippen LogP contribution in [-0.2, 0) is 7.05 Å². The molecule has 0 radical (unpaired) electrons.